The van der Waals surface area contributed by atoms with Gasteiger partial charge in [-0.25, -0.2) is 28.6 Å². The summed E-state index contributed by atoms with van der Waals surface area (Å²) < 4.78 is 62.0. The van der Waals surface area contributed by atoms with Gasteiger partial charge in [0.25, 0.3) is 0 Å². The Balaban J connectivity index is 1.48. The molecule has 2 aromatic rings. The van der Waals surface area contributed by atoms with Gasteiger partial charge in [-0.1, -0.05) is 31.7 Å². The van der Waals surface area contributed by atoms with Gasteiger partial charge in [0.15, 0.2) is 22.8 Å². The van der Waals surface area contributed by atoms with Crippen molar-refractivity contribution in [2.24, 2.45) is 5.41 Å². The first kappa shape index (κ1) is 47.6. The highest BCUT2D eigenvalue weighted by Gasteiger charge is 2.50. The Labute approximate surface area is 322 Å². The zero-order valence-corrected chi connectivity index (χ0v) is 33.3. The second kappa shape index (κ2) is 20.3. The Bertz CT molecular complexity index is 1850. The van der Waals surface area contributed by atoms with E-state index in [9.17, 15) is 63.0 Å². The third kappa shape index (κ3) is 14.6. The largest absolute Gasteiger partial charge is 0.481 e. The van der Waals surface area contributed by atoms with Gasteiger partial charge in [0.2, 0.25) is 11.8 Å². The second-order valence-corrected chi connectivity index (χ2v) is 18.1. The monoisotopic (exact) mass is 879 g/mol. The van der Waals surface area contributed by atoms with Crippen LogP contribution in [0.15, 0.2) is 25.3 Å². The number of phosphoric acid groups is 3. The molecule has 1 saturated heterocycles. The summed E-state index contributed by atoms with van der Waals surface area (Å²) >= 11 is 0.930. The molecule has 0 aromatic carbocycles. The number of phosphoric ester groups is 3. The van der Waals surface area contributed by atoms with Gasteiger partial charge in [0.1, 0.15) is 36.3 Å². The van der Waals surface area contributed by atoms with Crippen molar-refractivity contribution in [2.45, 2.75) is 69.9 Å². The van der Waals surface area contributed by atoms with E-state index >= 15 is 0 Å². The molecule has 29 heteroatoms. The van der Waals surface area contributed by atoms with Crippen LogP contribution in [-0.2, 0) is 50.7 Å². The number of aromatic nitrogens is 4. The van der Waals surface area contributed by atoms with Crippen LogP contribution >= 0.6 is 35.2 Å². The highest BCUT2D eigenvalue weighted by atomic mass is 32.2. The van der Waals surface area contributed by atoms with Crippen molar-refractivity contribution in [3.05, 3.63) is 25.3 Å². The number of thioether (sulfide) groups is 1. The molecule has 25 nitrogen and oxygen atoms in total. The summed E-state index contributed by atoms with van der Waals surface area (Å²) in [6.07, 6.45) is -6.15. The first-order valence-electron chi connectivity index (χ1n) is 16.3. The van der Waals surface area contributed by atoms with Gasteiger partial charge in [0, 0.05) is 37.1 Å². The lowest BCUT2D eigenvalue weighted by atomic mass is 9.87. The van der Waals surface area contributed by atoms with Gasteiger partial charge in [-0.15, -0.1) is 6.58 Å². The van der Waals surface area contributed by atoms with Crippen LogP contribution in [0.5, 0.6) is 0 Å². The van der Waals surface area contributed by atoms with Crippen LogP contribution in [0.3, 0.4) is 0 Å². The number of anilines is 1. The molecule has 0 aliphatic carbocycles. The molecule has 0 spiro atoms. The molecule has 1 aliphatic heterocycles. The van der Waals surface area contributed by atoms with Crippen LogP contribution in [0.2, 0.25) is 0 Å². The lowest BCUT2D eigenvalue weighted by molar-refractivity contribution is -0.137. The van der Waals surface area contributed by atoms with Gasteiger partial charge < -0.3 is 56.0 Å². The van der Waals surface area contributed by atoms with Crippen LogP contribution in [0, 0.1) is 5.41 Å². The summed E-state index contributed by atoms with van der Waals surface area (Å²) in [4.78, 5) is 87.3. The number of nitrogens with two attached hydrogens (primary N) is 1. The number of carbonyl (C=O) groups is 3. The minimum Gasteiger partial charge on any atom is -0.392 e. The van der Waals surface area contributed by atoms with E-state index < -0.39 is 90.7 Å². The van der Waals surface area contributed by atoms with Crippen molar-refractivity contribution in [3.8, 4) is 0 Å². The summed E-state index contributed by atoms with van der Waals surface area (Å²) in [5.41, 5.74) is 4.23. The quantitative estimate of drug-likeness (QED) is 0.0363. The molecule has 2 amide bonds. The number of imidazole rings is 1. The van der Waals surface area contributed by atoms with Crippen LogP contribution in [0.1, 0.15) is 39.3 Å². The van der Waals surface area contributed by atoms with Gasteiger partial charge in [0.05, 0.1) is 25.6 Å². The minimum atomic E-state index is -5.58. The SMILES string of the molecule is C=CC[C@@H](O)CC(=O)SCCNC(=O)CCNC(=O)[C@H](O)C(C)(C)COP(=O)(O)OP(=O)(O)OC[C@H]1O[C@@H](n2cnc3c(N)ncnc32)[C@H](O)[C@@H]1OP(=O)(O)O. The number of carbonyl (C=O) groups excluding carboxylic acids is 3. The number of hydrogen-bond donors (Lipinski definition) is 10. The van der Waals surface area contributed by atoms with Crippen LogP contribution in [-0.4, -0.2) is 134 Å². The zero-order valence-electron chi connectivity index (χ0n) is 29.8. The summed E-state index contributed by atoms with van der Waals surface area (Å²) in [6, 6.07) is 0. The van der Waals surface area contributed by atoms with Crippen molar-refractivity contribution < 1.29 is 85.6 Å². The highest BCUT2D eigenvalue weighted by molar-refractivity contribution is 8.13. The Morgan fingerprint density at radius 3 is 2.43 bits per heavy atom. The summed E-state index contributed by atoms with van der Waals surface area (Å²) in [6.45, 7) is 3.81. The van der Waals surface area contributed by atoms with E-state index in [-0.39, 0.29) is 60.2 Å². The molecule has 56 heavy (non-hydrogen) atoms. The molecular formula is C27H44N7O18P3S. The zero-order chi connectivity index (χ0) is 42.1. The fourth-order valence-corrected chi connectivity index (χ4v) is 8.39. The van der Waals surface area contributed by atoms with Crippen LogP contribution in [0.4, 0.5) is 5.82 Å². The van der Waals surface area contributed by atoms with E-state index in [1.807, 2.05) is 0 Å². The number of amides is 2. The van der Waals surface area contributed by atoms with E-state index in [0.717, 1.165) is 29.0 Å². The molecule has 3 heterocycles. The average molecular weight is 880 g/mol. The van der Waals surface area contributed by atoms with Gasteiger partial charge in [-0.05, 0) is 6.42 Å². The first-order chi connectivity index (χ1) is 25.9. The van der Waals surface area contributed by atoms with Crippen molar-refractivity contribution >= 4 is 69.1 Å². The van der Waals surface area contributed by atoms with E-state index in [4.69, 9.17) is 19.5 Å². The van der Waals surface area contributed by atoms with Crippen molar-refractivity contribution in [1.29, 1.82) is 0 Å². The predicted molar refractivity (Wildman–Crippen MR) is 193 cm³/mol. The number of nitrogens with zero attached hydrogens (tertiary/aromatic N) is 4. The van der Waals surface area contributed by atoms with E-state index in [1.54, 1.807) is 0 Å². The van der Waals surface area contributed by atoms with Gasteiger partial charge in [-0.2, -0.15) is 4.31 Å². The third-order valence-electron chi connectivity index (χ3n) is 7.61. The average Bonchev–Trinajstić information content (AvgIpc) is 3.64. The van der Waals surface area contributed by atoms with Gasteiger partial charge in [-0.3, -0.25) is 32.5 Å². The Kier molecular flexibility index (Phi) is 17.3. The van der Waals surface area contributed by atoms with Crippen molar-refractivity contribution in [1.82, 2.24) is 30.2 Å². The molecule has 1 aliphatic rings. The molecule has 1 fully saturated rings. The lowest BCUT2D eigenvalue weighted by Crippen LogP contribution is -2.46. The highest BCUT2D eigenvalue weighted by Crippen LogP contribution is 2.61. The molecule has 316 valence electrons. The topological polar surface area (TPSA) is 384 Å². The van der Waals surface area contributed by atoms with E-state index in [2.05, 4.69) is 41.0 Å². The van der Waals surface area contributed by atoms with E-state index in [0.29, 0.717) is 0 Å². The number of nitrogens with one attached hydrogen (secondary N) is 2. The minimum absolute atomic E-state index is 0.0245. The molecule has 3 rings (SSSR count). The van der Waals surface area contributed by atoms with Gasteiger partial charge >= 0.3 is 23.5 Å². The summed E-state index contributed by atoms with van der Waals surface area (Å²) in [5.74, 6) is -1.29. The second-order valence-electron chi connectivity index (χ2n) is 12.7. The molecule has 2 unspecified atom stereocenters. The third-order valence-corrected chi connectivity index (χ3v) is 11.6. The number of rotatable bonds is 23. The van der Waals surface area contributed by atoms with Crippen molar-refractivity contribution in [3.63, 3.8) is 0 Å². The fraction of sp³-hybridized carbons (Fsp3) is 0.630. The molecule has 2 aromatic heterocycles. The first-order valence-corrected chi connectivity index (χ1v) is 21.8. The maximum absolute atomic E-state index is 12.7. The molecule has 8 atom stereocenters. The number of aliphatic hydroxyl groups excluding tert-OH is 3. The lowest BCUT2D eigenvalue weighted by Gasteiger charge is -2.30. The molecule has 11 N–H and O–H groups in total. The molecule has 0 bridgehead atoms. The maximum atomic E-state index is 12.7. The van der Waals surface area contributed by atoms with Crippen LogP contribution in [0.25, 0.3) is 11.2 Å². The predicted octanol–water partition coefficient (Wildman–Crippen LogP) is -1.01. The Hall–Kier alpha value is -2.74. The smallest absolute Gasteiger partial charge is 0.392 e. The molecular weight excluding hydrogens is 835 g/mol. The number of nitrogen functional groups attached to an aromatic ring is 1. The molecule has 0 radical (unpaired) electrons. The Morgan fingerprint density at radius 2 is 1.77 bits per heavy atom. The maximum Gasteiger partial charge on any atom is 0.481 e. The summed E-state index contributed by atoms with van der Waals surface area (Å²) in [7, 11) is -16.4. The number of hydrogen-bond acceptors (Lipinski definition) is 19. The van der Waals surface area contributed by atoms with Crippen molar-refractivity contribution in [2.75, 3.05) is 37.8 Å². The number of ether oxygens (including phenoxy) is 1. The molecule has 0 saturated carbocycles. The number of fused-ring (bicyclic) bond motifs is 1. The fourth-order valence-electron chi connectivity index (χ4n) is 4.82. The van der Waals surface area contributed by atoms with Crippen LogP contribution < -0.4 is 16.4 Å². The van der Waals surface area contributed by atoms with E-state index in [1.165, 1.54) is 19.9 Å². The summed E-state index contributed by atoms with van der Waals surface area (Å²) in [5, 5.41) is 35.6. The Morgan fingerprint density at radius 1 is 1.09 bits per heavy atom. The standard InChI is InChI=1S/C27H44N7O18P3S/c1-4-5-15(35)10-18(37)56-9-8-29-17(36)6-7-30-25(40)22(39)27(2,3)12-49-55(46,47)52-54(44,45)48-11-16-21(51-53(41,42)43)20(38)26(50-16)34-14-33-19-23(28)31-13-32-24(19)34/h4,13-16,20-22,26,35,38-39H,1,5-12H2,2-3H3,(H,29,36)(H,30,40)(H,44,45)(H,46,47)(H2,28,31,32)(H2,41,42,43)/t15-,16-,20-,21-,22+,26-/m1/s1. The number of aliphatic hydroxyl groups is 3. The normalized spacial score (nSPS) is 22.2.